The highest BCUT2D eigenvalue weighted by Crippen LogP contribution is 2.45. The number of rotatable bonds is 3. The highest BCUT2D eigenvalue weighted by atomic mass is 35.5. The smallest absolute Gasteiger partial charge is 0.225 e. The van der Waals surface area contributed by atoms with Gasteiger partial charge in [0.05, 0.1) is 10.6 Å². The largest absolute Gasteiger partial charge is 0.368 e. The lowest BCUT2D eigenvalue weighted by Crippen LogP contribution is -2.42. The standard InChI is InChI=1S/C23H28ClN5/c1-16(2)19-13-26-22(27-14-19)28-8-6-23(7-9-28)11-17(3)29(15-23)20-5-4-18(12-25)21(24)10-20/h4-5,10,13-14,16-17H,6-9,11,15H2,1-3H3. The van der Waals surface area contributed by atoms with Crippen molar-refractivity contribution in [2.24, 2.45) is 5.41 Å². The fraction of sp³-hybridized carbons (Fsp3) is 0.522. The molecule has 0 N–H and O–H groups in total. The van der Waals surface area contributed by atoms with Crippen molar-refractivity contribution in [3.05, 3.63) is 46.7 Å². The van der Waals surface area contributed by atoms with Crippen LogP contribution in [0.3, 0.4) is 0 Å². The van der Waals surface area contributed by atoms with Crippen LogP contribution in [0.1, 0.15) is 57.1 Å². The van der Waals surface area contributed by atoms with E-state index in [1.807, 2.05) is 30.6 Å². The minimum absolute atomic E-state index is 0.328. The van der Waals surface area contributed by atoms with E-state index in [0.29, 0.717) is 28.0 Å². The van der Waals surface area contributed by atoms with Crippen molar-refractivity contribution in [1.82, 2.24) is 9.97 Å². The quantitative estimate of drug-likeness (QED) is 0.713. The van der Waals surface area contributed by atoms with Gasteiger partial charge in [0.1, 0.15) is 6.07 Å². The summed E-state index contributed by atoms with van der Waals surface area (Å²) in [5.74, 6) is 1.31. The molecule has 0 saturated carbocycles. The molecule has 1 atom stereocenters. The lowest BCUT2D eigenvalue weighted by Gasteiger charge is -2.39. The molecular weight excluding hydrogens is 382 g/mol. The minimum atomic E-state index is 0.328. The van der Waals surface area contributed by atoms with Crippen molar-refractivity contribution in [2.45, 2.75) is 52.0 Å². The highest BCUT2D eigenvalue weighted by molar-refractivity contribution is 6.32. The lowest BCUT2D eigenvalue weighted by atomic mass is 9.77. The summed E-state index contributed by atoms with van der Waals surface area (Å²) < 4.78 is 0. The second-order valence-electron chi connectivity index (χ2n) is 8.92. The Kier molecular flexibility index (Phi) is 5.40. The zero-order valence-corrected chi connectivity index (χ0v) is 18.2. The number of nitrogens with zero attached hydrogens (tertiary/aromatic N) is 5. The molecule has 1 spiro atoms. The Morgan fingerprint density at radius 2 is 1.90 bits per heavy atom. The number of anilines is 2. The molecule has 1 aromatic carbocycles. The molecule has 0 radical (unpaired) electrons. The van der Waals surface area contributed by atoms with Crippen LogP contribution in [-0.2, 0) is 0 Å². The fourth-order valence-corrected chi connectivity index (χ4v) is 4.99. The summed E-state index contributed by atoms with van der Waals surface area (Å²) in [6.45, 7) is 9.65. The molecule has 0 amide bonds. The average Bonchev–Trinajstić information content (AvgIpc) is 3.04. The van der Waals surface area contributed by atoms with Gasteiger partial charge < -0.3 is 9.80 Å². The monoisotopic (exact) mass is 409 g/mol. The molecule has 2 aliphatic heterocycles. The second kappa shape index (κ2) is 7.84. The Labute approximate surface area is 178 Å². The molecule has 2 saturated heterocycles. The van der Waals surface area contributed by atoms with Crippen LogP contribution in [0.5, 0.6) is 0 Å². The van der Waals surface area contributed by atoms with Gasteiger partial charge in [-0.25, -0.2) is 9.97 Å². The summed E-state index contributed by atoms with van der Waals surface area (Å²) in [4.78, 5) is 14.0. The predicted molar refractivity (Wildman–Crippen MR) is 118 cm³/mol. The van der Waals surface area contributed by atoms with Crippen molar-refractivity contribution >= 4 is 23.2 Å². The molecule has 29 heavy (non-hydrogen) atoms. The zero-order chi connectivity index (χ0) is 20.6. The summed E-state index contributed by atoms with van der Waals surface area (Å²) >= 11 is 6.28. The summed E-state index contributed by atoms with van der Waals surface area (Å²) in [6, 6.07) is 8.40. The maximum Gasteiger partial charge on any atom is 0.225 e. The van der Waals surface area contributed by atoms with Gasteiger partial charge in [-0.05, 0) is 61.3 Å². The van der Waals surface area contributed by atoms with Gasteiger partial charge in [0.15, 0.2) is 0 Å². The summed E-state index contributed by atoms with van der Waals surface area (Å²) in [6.07, 6.45) is 7.41. The first kappa shape index (κ1) is 20.0. The van der Waals surface area contributed by atoms with E-state index < -0.39 is 0 Å². The number of hydrogen-bond acceptors (Lipinski definition) is 5. The lowest BCUT2D eigenvalue weighted by molar-refractivity contribution is 0.244. The van der Waals surface area contributed by atoms with Crippen LogP contribution in [0.25, 0.3) is 0 Å². The van der Waals surface area contributed by atoms with Gasteiger partial charge in [0, 0.05) is 43.8 Å². The molecule has 4 rings (SSSR count). The summed E-state index contributed by atoms with van der Waals surface area (Å²) in [5.41, 5.74) is 3.17. The van der Waals surface area contributed by atoms with Crippen molar-refractivity contribution in [2.75, 3.05) is 29.4 Å². The average molecular weight is 410 g/mol. The Hall–Kier alpha value is -2.32. The number of hydrogen-bond donors (Lipinski definition) is 0. The Morgan fingerprint density at radius 1 is 1.21 bits per heavy atom. The van der Waals surface area contributed by atoms with Crippen LogP contribution in [0, 0.1) is 16.7 Å². The van der Waals surface area contributed by atoms with Gasteiger partial charge in [-0.3, -0.25) is 0 Å². The molecule has 3 heterocycles. The van der Waals surface area contributed by atoms with E-state index >= 15 is 0 Å². The van der Waals surface area contributed by atoms with E-state index in [1.54, 1.807) is 0 Å². The molecule has 2 aliphatic rings. The number of piperidine rings is 1. The molecule has 152 valence electrons. The van der Waals surface area contributed by atoms with Gasteiger partial charge >= 0.3 is 0 Å². The van der Waals surface area contributed by atoms with Crippen LogP contribution < -0.4 is 9.80 Å². The normalized spacial score (nSPS) is 21.0. The van der Waals surface area contributed by atoms with Gasteiger partial charge in [0.2, 0.25) is 5.95 Å². The van der Waals surface area contributed by atoms with E-state index in [9.17, 15) is 0 Å². The molecule has 6 heteroatoms. The minimum Gasteiger partial charge on any atom is -0.368 e. The first-order valence-corrected chi connectivity index (χ1v) is 10.8. The number of benzene rings is 1. The zero-order valence-electron chi connectivity index (χ0n) is 17.4. The SMILES string of the molecule is CC(C)c1cnc(N2CCC3(CC2)CC(C)N(c2ccc(C#N)c(Cl)c2)C3)nc1. The predicted octanol–water partition coefficient (Wildman–Crippen LogP) is 5.01. The van der Waals surface area contributed by atoms with E-state index in [4.69, 9.17) is 16.9 Å². The van der Waals surface area contributed by atoms with Crippen molar-refractivity contribution in [1.29, 1.82) is 5.26 Å². The molecule has 2 aromatic rings. The van der Waals surface area contributed by atoms with E-state index in [1.165, 1.54) is 12.0 Å². The van der Waals surface area contributed by atoms with E-state index in [2.05, 4.69) is 46.6 Å². The summed E-state index contributed by atoms with van der Waals surface area (Å²) in [5, 5.41) is 9.66. The van der Waals surface area contributed by atoms with Gasteiger partial charge in [-0.1, -0.05) is 25.4 Å². The molecule has 5 nitrogen and oxygen atoms in total. The number of nitriles is 1. The maximum absolute atomic E-state index is 9.12. The Morgan fingerprint density at radius 3 is 2.48 bits per heavy atom. The number of aromatic nitrogens is 2. The summed E-state index contributed by atoms with van der Waals surface area (Å²) in [7, 11) is 0. The maximum atomic E-state index is 9.12. The second-order valence-corrected chi connectivity index (χ2v) is 9.32. The third-order valence-electron chi connectivity index (χ3n) is 6.60. The molecule has 0 bridgehead atoms. The third-order valence-corrected chi connectivity index (χ3v) is 6.92. The first-order chi connectivity index (χ1) is 13.9. The van der Waals surface area contributed by atoms with Crippen molar-refractivity contribution in [3.63, 3.8) is 0 Å². The molecule has 1 unspecified atom stereocenters. The fourth-order valence-electron chi connectivity index (χ4n) is 4.77. The van der Waals surface area contributed by atoms with Crippen LogP contribution in [0.2, 0.25) is 5.02 Å². The van der Waals surface area contributed by atoms with Crippen LogP contribution in [0.15, 0.2) is 30.6 Å². The molecular formula is C23H28ClN5. The Bertz CT molecular complexity index is 910. The first-order valence-electron chi connectivity index (χ1n) is 10.4. The van der Waals surface area contributed by atoms with Crippen molar-refractivity contribution in [3.8, 4) is 6.07 Å². The van der Waals surface area contributed by atoms with E-state index in [0.717, 1.165) is 44.1 Å². The van der Waals surface area contributed by atoms with Gasteiger partial charge in [-0.15, -0.1) is 0 Å². The third kappa shape index (κ3) is 3.91. The topological polar surface area (TPSA) is 56.1 Å². The Balaban J connectivity index is 1.43. The van der Waals surface area contributed by atoms with E-state index in [-0.39, 0.29) is 0 Å². The van der Waals surface area contributed by atoms with Crippen LogP contribution >= 0.6 is 11.6 Å². The molecule has 0 aliphatic carbocycles. The van der Waals surface area contributed by atoms with Gasteiger partial charge in [-0.2, -0.15) is 5.26 Å². The highest BCUT2D eigenvalue weighted by Gasteiger charge is 2.44. The molecule has 1 aromatic heterocycles. The number of halogens is 1. The molecule has 2 fully saturated rings. The van der Waals surface area contributed by atoms with Gasteiger partial charge in [0.25, 0.3) is 0 Å². The van der Waals surface area contributed by atoms with Crippen molar-refractivity contribution < 1.29 is 0 Å². The van der Waals surface area contributed by atoms with Crippen LogP contribution in [0.4, 0.5) is 11.6 Å². The van der Waals surface area contributed by atoms with Crippen LogP contribution in [-0.4, -0.2) is 35.6 Å².